The van der Waals surface area contributed by atoms with Gasteiger partial charge in [0.15, 0.2) is 5.16 Å². The second-order valence-corrected chi connectivity index (χ2v) is 8.88. The Hall–Kier alpha value is -1.83. The van der Waals surface area contributed by atoms with Crippen LogP contribution < -0.4 is 10.9 Å². The maximum absolute atomic E-state index is 12.9. The standard InChI is InChI=1S/C20H19BrClN3O2S/c1-11(2)25-19(27)14-6-5-13(22)9-17(14)24-20(25)28-10-18(26)23-16-7-4-12(3)8-15(16)21/h4-9,11H,10H2,1-3H3,(H,23,26). The molecule has 0 aliphatic heterocycles. The van der Waals surface area contributed by atoms with Crippen molar-refractivity contribution in [3.63, 3.8) is 0 Å². The van der Waals surface area contributed by atoms with E-state index in [1.54, 1.807) is 22.8 Å². The van der Waals surface area contributed by atoms with Gasteiger partial charge in [-0.25, -0.2) is 4.98 Å². The van der Waals surface area contributed by atoms with Crippen molar-refractivity contribution in [3.8, 4) is 0 Å². The van der Waals surface area contributed by atoms with E-state index in [-0.39, 0.29) is 23.3 Å². The third-order valence-electron chi connectivity index (χ3n) is 4.08. The van der Waals surface area contributed by atoms with Crippen LogP contribution in [0.1, 0.15) is 25.5 Å². The molecule has 5 nitrogen and oxygen atoms in total. The van der Waals surface area contributed by atoms with Crippen molar-refractivity contribution in [2.75, 3.05) is 11.1 Å². The summed E-state index contributed by atoms with van der Waals surface area (Å²) in [5.41, 5.74) is 2.19. The van der Waals surface area contributed by atoms with Gasteiger partial charge in [-0.05, 0) is 72.6 Å². The lowest BCUT2D eigenvalue weighted by molar-refractivity contribution is -0.113. The predicted molar refractivity (Wildman–Crippen MR) is 120 cm³/mol. The maximum atomic E-state index is 12.9. The molecule has 28 heavy (non-hydrogen) atoms. The number of rotatable bonds is 5. The van der Waals surface area contributed by atoms with Crippen molar-refractivity contribution < 1.29 is 4.79 Å². The van der Waals surface area contributed by atoms with Gasteiger partial charge in [0.1, 0.15) is 0 Å². The van der Waals surface area contributed by atoms with E-state index in [2.05, 4.69) is 26.2 Å². The van der Waals surface area contributed by atoms with Crippen LogP contribution in [0, 0.1) is 6.92 Å². The van der Waals surface area contributed by atoms with E-state index in [0.29, 0.717) is 26.8 Å². The van der Waals surface area contributed by atoms with Gasteiger partial charge in [0.2, 0.25) is 5.91 Å². The molecule has 8 heteroatoms. The molecule has 0 aliphatic carbocycles. The quantitative estimate of drug-likeness (QED) is 0.390. The highest BCUT2D eigenvalue weighted by atomic mass is 79.9. The number of carbonyl (C=O) groups excluding carboxylic acids is 1. The van der Waals surface area contributed by atoms with Gasteiger partial charge in [0, 0.05) is 15.5 Å². The number of fused-ring (bicyclic) bond motifs is 1. The molecule has 0 bridgehead atoms. The minimum atomic E-state index is -0.176. The summed E-state index contributed by atoms with van der Waals surface area (Å²) in [4.78, 5) is 29.9. The first-order chi connectivity index (χ1) is 13.3. The minimum absolute atomic E-state index is 0.0862. The van der Waals surface area contributed by atoms with Gasteiger partial charge in [-0.3, -0.25) is 14.2 Å². The van der Waals surface area contributed by atoms with Gasteiger partial charge in [0.25, 0.3) is 5.56 Å². The number of amides is 1. The van der Waals surface area contributed by atoms with Crippen LogP contribution in [-0.2, 0) is 4.79 Å². The second-order valence-electron chi connectivity index (χ2n) is 6.64. The third kappa shape index (κ3) is 4.59. The zero-order valence-corrected chi connectivity index (χ0v) is 18.8. The number of benzene rings is 2. The average Bonchev–Trinajstić information content (AvgIpc) is 2.61. The van der Waals surface area contributed by atoms with Crippen LogP contribution in [-0.4, -0.2) is 21.2 Å². The fraction of sp³-hybridized carbons (Fsp3) is 0.250. The molecule has 1 aromatic heterocycles. The Morgan fingerprint density at radius 3 is 2.71 bits per heavy atom. The number of hydrogen-bond donors (Lipinski definition) is 1. The fourth-order valence-corrected chi connectivity index (χ4v) is 4.43. The molecule has 3 rings (SSSR count). The van der Waals surface area contributed by atoms with E-state index >= 15 is 0 Å². The molecular weight excluding hydrogens is 462 g/mol. The molecule has 0 saturated carbocycles. The number of hydrogen-bond acceptors (Lipinski definition) is 4. The van der Waals surface area contributed by atoms with Crippen LogP contribution >= 0.6 is 39.3 Å². The molecule has 1 amide bonds. The molecule has 0 atom stereocenters. The Bertz CT molecular complexity index is 1110. The van der Waals surface area contributed by atoms with Crippen LogP contribution in [0.3, 0.4) is 0 Å². The minimum Gasteiger partial charge on any atom is -0.324 e. The summed E-state index contributed by atoms with van der Waals surface area (Å²) in [5.74, 6) is -0.0451. The van der Waals surface area contributed by atoms with E-state index in [0.717, 1.165) is 10.0 Å². The smallest absolute Gasteiger partial charge is 0.262 e. The molecule has 0 fully saturated rings. The number of carbonyl (C=O) groups is 1. The van der Waals surface area contributed by atoms with Crippen molar-refractivity contribution in [2.24, 2.45) is 0 Å². The zero-order valence-electron chi connectivity index (χ0n) is 15.6. The van der Waals surface area contributed by atoms with Gasteiger partial charge in [0.05, 0.1) is 22.3 Å². The molecule has 0 saturated heterocycles. The molecule has 2 aromatic carbocycles. The first kappa shape index (κ1) is 20.9. The van der Waals surface area contributed by atoms with Crippen LogP contribution in [0.5, 0.6) is 0 Å². The number of halogens is 2. The van der Waals surface area contributed by atoms with E-state index in [1.807, 2.05) is 39.0 Å². The highest BCUT2D eigenvalue weighted by molar-refractivity contribution is 9.10. The average molecular weight is 481 g/mol. The molecule has 0 unspecified atom stereocenters. The Morgan fingerprint density at radius 2 is 2.04 bits per heavy atom. The number of aromatic nitrogens is 2. The van der Waals surface area contributed by atoms with Gasteiger partial charge in [-0.2, -0.15) is 0 Å². The van der Waals surface area contributed by atoms with Gasteiger partial charge >= 0.3 is 0 Å². The first-order valence-electron chi connectivity index (χ1n) is 8.67. The molecule has 1 N–H and O–H groups in total. The lowest BCUT2D eigenvalue weighted by Gasteiger charge is -2.16. The number of aryl methyl sites for hydroxylation is 1. The van der Waals surface area contributed by atoms with Crippen molar-refractivity contribution in [1.29, 1.82) is 0 Å². The summed E-state index contributed by atoms with van der Waals surface area (Å²) in [6.07, 6.45) is 0. The summed E-state index contributed by atoms with van der Waals surface area (Å²) in [6, 6.07) is 10.7. The molecule has 0 aliphatic rings. The maximum Gasteiger partial charge on any atom is 0.262 e. The van der Waals surface area contributed by atoms with Gasteiger partial charge < -0.3 is 5.32 Å². The van der Waals surface area contributed by atoms with Gasteiger partial charge in [-0.15, -0.1) is 0 Å². The van der Waals surface area contributed by atoms with E-state index in [4.69, 9.17) is 11.6 Å². The lowest BCUT2D eigenvalue weighted by Crippen LogP contribution is -2.25. The van der Waals surface area contributed by atoms with Crippen LogP contribution in [0.15, 0.2) is 50.8 Å². The number of nitrogens with one attached hydrogen (secondary N) is 1. The summed E-state index contributed by atoms with van der Waals surface area (Å²) >= 11 is 10.7. The largest absolute Gasteiger partial charge is 0.324 e. The van der Waals surface area contributed by atoms with Crippen molar-refractivity contribution in [2.45, 2.75) is 32.0 Å². The lowest BCUT2D eigenvalue weighted by atomic mass is 10.2. The molecule has 146 valence electrons. The van der Waals surface area contributed by atoms with E-state index < -0.39 is 0 Å². The number of nitrogens with zero attached hydrogens (tertiary/aromatic N) is 2. The Kier molecular flexibility index (Phi) is 6.47. The summed E-state index contributed by atoms with van der Waals surface area (Å²) in [6.45, 7) is 5.81. The molecule has 1 heterocycles. The van der Waals surface area contributed by atoms with Crippen LogP contribution in [0.4, 0.5) is 5.69 Å². The fourth-order valence-electron chi connectivity index (χ4n) is 2.75. The van der Waals surface area contributed by atoms with Crippen molar-refractivity contribution >= 4 is 61.8 Å². The molecule has 0 radical (unpaired) electrons. The topological polar surface area (TPSA) is 64.0 Å². The summed E-state index contributed by atoms with van der Waals surface area (Å²) < 4.78 is 2.43. The summed E-state index contributed by atoms with van der Waals surface area (Å²) in [5, 5.41) is 4.39. The normalized spacial score (nSPS) is 11.2. The second kappa shape index (κ2) is 8.68. The highest BCUT2D eigenvalue weighted by Crippen LogP contribution is 2.25. The summed E-state index contributed by atoms with van der Waals surface area (Å²) in [7, 11) is 0. The Morgan fingerprint density at radius 1 is 1.29 bits per heavy atom. The Labute approximate surface area is 180 Å². The first-order valence-corrected chi connectivity index (χ1v) is 10.8. The zero-order chi connectivity index (χ0) is 20.4. The monoisotopic (exact) mass is 479 g/mol. The molecule has 3 aromatic rings. The van der Waals surface area contributed by atoms with Crippen LogP contribution in [0.25, 0.3) is 10.9 Å². The highest BCUT2D eigenvalue weighted by Gasteiger charge is 2.16. The van der Waals surface area contributed by atoms with Crippen molar-refractivity contribution in [3.05, 3.63) is 61.8 Å². The van der Waals surface area contributed by atoms with Crippen LogP contribution in [0.2, 0.25) is 5.02 Å². The molecule has 0 spiro atoms. The van der Waals surface area contributed by atoms with Gasteiger partial charge in [-0.1, -0.05) is 29.4 Å². The van der Waals surface area contributed by atoms with E-state index in [9.17, 15) is 9.59 Å². The van der Waals surface area contributed by atoms with E-state index in [1.165, 1.54) is 11.8 Å². The Balaban J connectivity index is 1.85. The molecular formula is C20H19BrClN3O2S. The SMILES string of the molecule is Cc1ccc(NC(=O)CSc2nc3cc(Cl)ccc3c(=O)n2C(C)C)c(Br)c1. The third-order valence-corrected chi connectivity index (χ3v) is 5.92. The number of anilines is 1. The number of thioether (sulfide) groups is 1. The predicted octanol–water partition coefficient (Wildman–Crippen LogP) is 5.43. The van der Waals surface area contributed by atoms with Crippen molar-refractivity contribution in [1.82, 2.24) is 9.55 Å².